The molecule has 0 amide bonds. The summed E-state index contributed by atoms with van der Waals surface area (Å²) in [7, 11) is 0. The molecule has 0 aliphatic carbocycles. The van der Waals surface area contributed by atoms with Crippen LogP contribution in [0.3, 0.4) is 0 Å². The topological polar surface area (TPSA) is 66.8 Å². The number of rotatable bonds is 6. The lowest BCUT2D eigenvalue weighted by molar-refractivity contribution is -0.137. The first-order valence-corrected chi connectivity index (χ1v) is 4.77. The van der Waals surface area contributed by atoms with E-state index in [0.717, 1.165) is 5.56 Å². The van der Waals surface area contributed by atoms with Gasteiger partial charge in [-0.05, 0) is 24.1 Å². The molecule has 0 unspecified atom stereocenters. The van der Waals surface area contributed by atoms with Crippen LogP contribution in [0.4, 0.5) is 0 Å². The lowest BCUT2D eigenvalue weighted by Gasteiger charge is -2.05. The highest BCUT2D eigenvalue weighted by molar-refractivity contribution is 5.66. The summed E-state index contributed by atoms with van der Waals surface area (Å²) < 4.78 is 5.31. The normalized spacial score (nSPS) is 9.93. The van der Waals surface area contributed by atoms with Crippen LogP contribution in [0, 0.1) is 0 Å². The van der Waals surface area contributed by atoms with Gasteiger partial charge in [-0.25, -0.2) is 0 Å². The summed E-state index contributed by atoms with van der Waals surface area (Å²) in [5.41, 5.74) is 0.827. The Hall–Kier alpha value is -1.55. The molecule has 1 aromatic carbocycles. The molecule has 2 N–H and O–H groups in total. The van der Waals surface area contributed by atoms with E-state index in [9.17, 15) is 4.79 Å². The fourth-order valence-corrected chi connectivity index (χ4v) is 1.10. The Morgan fingerprint density at radius 2 is 1.93 bits per heavy atom. The van der Waals surface area contributed by atoms with Crippen LogP contribution < -0.4 is 4.74 Å². The zero-order chi connectivity index (χ0) is 11.1. The third-order valence-electron chi connectivity index (χ3n) is 1.91. The first-order valence-electron chi connectivity index (χ1n) is 4.77. The number of hydrogen-bond donors (Lipinski definition) is 2. The van der Waals surface area contributed by atoms with Gasteiger partial charge in [0.2, 0.25) is 0 Å². The summed E-state index contributed by atoms with van der Waals surface area (Å²) in [6.07, 6.45) is 0.617. The second-order valence-corrected chi connectivity index (χ2v) is 3.15. The van der Waals surface area contributed by atoms with Gasteiger partial charge in [-0.1, -0.05) is 12.1 Å². The van der Waals surface area contributed by atoms with Gasteiger partial charge in [0.05, 0.1) is 13.2 Å². The number of aliphatic hydroxyl groups is 1. The highest BCUT2D eigenvalue weighted by Crippen LogP contribution is 2.12. The number of carbonyl (C=O) groups is 1. The van der Waals surface area contributed by atoms with Crippen LogP contribution in [0.5, 0.6) is 5.75 Å². The highest BCUT2D eigenvalue weighted by atomic mass is 16.5. The maximum Gasteiger partial charge on any atom is 0.303 e. The number of hydrogen-bond acceptors (Lipinski definition) is 3. The smallest absolute Gasteiger partial charge is 0.303 e. The van der Waals surface area contributed by atoms with E-state index in [1.165, 1.54) is 0 Å². The molecule has 0 radical (unpaired) electrons. The number of ether oxygens (including phenoxy) is 1. The summed E-state index contributed by atoms with van der Waals surface area (Å²) in [6.45, 7) is 0.407. The molecule has 1 aromatic rings. The fraction of sp³-hybridized carbons (Fsp3) is 0.364. The lowest BCUT2D eigenvalue weighted by atomic mass is 10.2. The number of aliphatic hydroxyl groups excluding tert-OH is 1. The van der Waals surface area contributed by atoms with Crippen LogP contribution in [0.15, 0.2) is 24.3 Å². The van der Waals surface area contributed by atoms with Gasteiger partial charge in [0, 0.05) is 6.42 Å². The molecular weight excluding hydrogens is 196 g/mol. The summed E-state index contributed by atoms with van der Waals surface area (Å²) in [6, 6.07) is 7.05. The van der Waals surface area contributed by atoms with E-state index in [1.807, 2.05) is 0 Å². The van der Waals surface area contributed by atoms with Gasteiger partial charge in [-0.3, -0.25) is 4.79 Å². The second-order valence-electron chi connectivity index (χ2n) is 3.15. The molecule has 0 aliphatic rings. The first kappa shape index (κ1) is 11.5. The summed E-state index contributed by atoms with van der Waals surface area (Å²) in [5, 5.41) is 17.2. The highest BCUT2D eigenvalue weighted by Gasteiger charge is 1.98. The predicted octanol–water partition coefficient (Wildman–Crippen LogP) is 1.42. The van der Waals surface area contributed by atoms with E-state index in [0.29, 0.717) is 18.8 Å². The number of aliphatic carboxylic acids is 1. The molecule has 0 fully saturated rings. The second kappa shape index (κ2) is 6.03. The van der Waals surface area contributed by atoms with Gasteiger partial charge < -0.3 is 14.9 Å². The van der Waals surface area contributed by atoms with E-state index in [2.05, 4.69) is 0 Å². The third-order valence-corrected chi connectivity index (χ3v) is 1.91. The standard InChI is InChI=1S/C11H14O4/c12-8-9-3-5-10(6-4-9)15-7-1-2-11(13)14/h3-6,12H,1-2,7-8H2,(H,13,14). The quantitative estimate of drug-likeness (QED) is 0.697. The zero-order valence-electron chi connectivity index (χ0n) is 8.35. The van der Waals surface area contributed by atoms with Crippen LogP contribution in [-0.2, 0) is 11.4 Å². The van der Waals surface area contributed by atoms with Gasteiger partial charge in [0.1, 0.15) is 5.75 Å². The van der Waals surface area contributed by atoms with Crippen LogP contribution in [-0.4, -0.2) is 22.8 Å². The Labute approximate surface area is 88.1 Å². The van der Waals surface area contributed by atoms with Gasteiger partial charge in [-0.2, -0.15) is 0 Å². The maximum absolute atomic E-state index is 10.2. The minimum Gasteiger partial charge on any atom is -0.494 e. The molecule has 0 saturated carbocycles. The molecule has 0 aromatic heterocycles. The van der Waals surface area contributed by atoms with Gasteiger partial charge in [-0.15, -0.1) is 0 Å². The average Bonchev–Trinajstić information content (AvgIpc) is 2.25. The Morgan fingerprint density at radius 3 is 2.47 bits per heavy atom. The minimum absolute atomic E-state index is 0.0132. The van der Waals surface area contributed by atoms with Crippen LogP contribution in [0.2, 0.25) is 0 Å². The van der Waals surface area contributed by atoms with Crippen molar-refractivity contribution in [3.63, 3.8) is 0 Å². The molecule has 0 spiro atoms. The first-order chi connectivity index (χ1) is 7.22. The summed E-state index contributed by atoms with van der Waals surface area (Å²) in [5.74, 6) is -0.119. The van der Waals surface area contributed by atoms with E-state index in [1.54, 1.807) is 24.3 Å². The molecule has 15 heavy (non-hydrogen) atoms. The van der Waals surface area contributed by atoms with Crippen LogP contribution in [0.1, 0.15) is 18.4 Å². The molecular formula is C11H14O4. The van der Waals surface area contributed by atoms with Crippen LogP contribution >= 0.6 is 0 Å². The minimum atomic E-state index is -0.811. The van der Waals surface area contributed by atoms with Gasteiger partial charge >= 0.3 is 5.97 Å². The average molecular weight is 210 g/mol. The molecule has 0 atom stereocenters. The van der Waals surface area contributed by atoms with Crippen molar-refractivity contribution in [2.24, 2.45) is 0 Å². The Kier molecular flexibility index (Phi) is 4.63. The molecule has 1 rings (SSSR count). The monoisotopic (exact) mass is 210 g/mol. The number of carboxylic acid groups (broad SMARTS) is 1. The van der Waals surface area contributed by atoms with Gasteiger partial charge in [0.15, 0.2) is 0 Å². The molecule has 0 aliphatic heterocycles. The van der Waals surface area contributed by atoms with E-state index < -0.39 is 5.97 Å². The largest absolute Gasteiger partial charge is 0.494 e. The van der Waals surface area contributed by atoms with Crippen molar-refractivity contribution < 1.29 is 19.7 Å². The number of benzene rings is 1. The fourth-order valence-electron chi connectivity index (χ4n) is 1.10. The molecule has 0 heterocycles. The van der Waals surface area contributed by atoms with Crippen molar-refractivity contribution in [2.75, 3.05) is 6.61 Å². The molecule has 4 heteroatoms. The Balaban J connectivity index is 2.28. The molecule has 4 nitrogen and oxygen atoms in total. The molecule has 0 saturated heterocycles. The zero-order valence-corrected chi connectivity index (χ0v) is 8.35. The van der Waals surface area contributed by atoms with E-state index >= 15 is 0 Å². The van der Waals surface area contributed by atoms with Crippen molar-refractivity contribution in [2.45, 2.75) is 19.4 Å². The predicted molar refractivity (Wildman–Crippen MR) is 54.7 cm³/mol. The number of carboxylic acids is 1. The van der Waals surface area contributed by atoms with Crippen molar-refractivity contribution >= 4 is 5.97 Å². The van der Waals surface area contributed by atoms with Crippen molar-refractivity contribution in [1.82, 2.24) is 0 Å². The SMILES string of the molecule is O=C(O)CCCOc1ccc(CO)cc1. The lowest BCUT2D eigenvalue weighted by Crippen LogP contribution is -2.02. The maximum atomic E-state index is 10.2. The van der Waals surface area contributed by atoms with Crippen molar-refractivity contribution in [1.29, 1.82) is 0 Å². The Morgan fingerprint density at radius 1 is 1.27 bits per heavy atom. The van der Waals surface area contributed by atoms with Crippen LogP contribution in [0.25, 0.3) is 0 Å². The third kappa shape index (κ3) is 4.46. The molecule has 82 valence electrons. The summed E-state index contributed by atoms with van der Waals surface area (Å²) in [4.78, 5) is 10.2. The van der Waals surface area contributed by atoms with E-state index in [4.69, 9.17) is 14.9 Å². The van der Waals surface area contributed by atoms with E-state index in [-0.39, 0.29) is 13.0 Å². The Bertz CT molecular complexity index is 305. The van der Waals surface area contributed by atoms with Gasteiger partial charge in [0.25, 0.3) is 0 Å². The summed E-state index contributed by atoms with van der Waals surface area (Å²) >= 11 is 0. The molecule has 0 bridgehead atoms. The van der Waals surface area contributed by atoms with Crippen molar-refractivity contribution in [3.05, 3.63) is 29.8 Å². The van der Waals surface area contributed by atoms with Crippen molar-refractivity contribution in [3.8, 4) is 5.75 Å².